The maximum atomic E-state index is 13.9. The molecule has 0 aromatic heterocycles. The molecule has 0 radical (unpaired) electrons. The molecule has 1 aliphatic heterocycles. The second-order valence-electron chi connectivity index (χ2n) is 11.6. The molecule has 12 heteroatoms. The van der Waals surface area contributed by atoms with E-state index >= 15 is 0 Å². The Hall–Kier alpha value is -5.16. The second-order valence-corrected chi connectivity index (χ2v) is 12.0. The molecule has 3 aromatic rings. The molecule has 0 spiro atoms. The van der Waals surface area contributed by atoms with Crippen molar-refractivity contribution < 1.29 is 33.6 Å². The van der Waals surface area contributed by atoms with Crippen LogP contribution in [0.25, 0.3) is 0 Å². The monoisotopic (exact) mass is 625 g/mol. The summed E-state index contributed by atoms with van der Waals surface area (Å²) in [7, 11) is 0. The van der Waals surface area contributed by atoms with Gasteiger partial charge in [-0.3, -0.25) is 29.3 Å². The molecule has 8 rings (SSSR count). The van der Waals surface area contributed by atoms with E-state index in [9.17, 15) is 34.1 Å². The van der Waals surface area contributed by atoms with Gasteiger partial charge in [0.15, 0.2) is 5.78 Å². The van der Waals surface area contributed by atoms with Crippen LogP contribution in [-0.4, -0.2) is 51.0 Å². The SMILES string of the molecule is O=C(CN(C(=O)c1ccccc1Cl)N1C(=O)[C@@H]2[C@H]3C=C[C@@H]([C@@H]4C[C@@H]34)[C@H]2C1=O)c1ccc(OC(=O)c2ccc([N+](=O)[O-])cc2)cc1. The van der Waals surface area contributed by atoms with Gasteiger partial charge >= 0.3 is 5.97 Å². The molecule has 2 bridgehead atoms. The van der Waals surface area contributed by atoms with Gasteiger partial charge in [-0.05, 0) is 78.6 Å². The van der Waals surface area contributed by atoms with Crippen LogP contribution in [0.15, 0.2) is 84.9 Å². The van der Waals surface area contributed by atoms with E-state index in [4.69, 9.17) is 16.3 Å². The van der Waals surface area contributed by atoms with Crippen LogP contribution in [-0.2, 0) is 9.59 Å². The molecular formula is C33H24ClN3O8. The topological polar surface area (TPSA) is 144 Å². The fourth-order valence-electron chi connectivity index (χ4n) is 7.01. The lowest BCUT2D eigenvalue weighted by Crippen LogP contribution is -2.52. The molecule has 0 unspecified atom stereocenters. The normalized spacial score (nSPS) is 25.4. The first kappa shape index (κ1) is 28.6. The molecule has 1 saturated heterocycles. The Kier molecular flexibility index (Phi) is 6.85. The number of benzene rings is 3. The molecule has 11 nitrogen and oxygen atoms in total. The summed E-state index contributed by atoms with van der Waals surface area (Å²) in [4.78, 5) is 77.9. The number of Topliss-reactive ketones (excluding diaryl/α,β-unsaturated/α-hetero) is 1. The van der Waals surface area contributed by atoms with Crippen LogP contribution < -0.4 is 4.74 Å². The summed E-state index contributed by atoms with van der Waals surface area (Å²) in [6.45, 7) is -0.613. The Morgan fingerprint density at radius 3 is 2.02 bits per heavy atom. The zero-order chi connectivity index (χ0) is 31.6. The number of hydrazine groups is 1. The lowest BCUT2D eigenvalue weighted by atomic mass is 9.63. The van der Waals surface area contributed by atoms with Gasteiger partial charge in [0.25, 0.3) is 23.4 Å². The second kappa shape index (κ2) is 10.8. The number of carbonyl (C=O) groups excluding carboxylic acids is 5. The van der Waals surface area contributed by atoms with E-state index in [-0.39, 0.29) is 45.0 Å². The van der Waals surface area contributed by atoms with Crippen molar-refractivity contribution in [3.63, 3.8) is 0 Å². The average Bonchev–Trinajstić information content (AvgIpc) is 3.83. The largest absolute Gasteiger partial charge is 0.423 e. The highest BCUT2D eigenvalue weighted by Crippen LogP contribution is 2.65. The minimum Gasteiger partial charge on any atom is -0.423 e. The van der Waals surface area contributed by atoms with Crippen molar-refractivity contribution in [3.05, 3.63) is 117 Å². The third-order valence-electron chi connectivity index (χ3n) is 9.21. The molecule has 3 aromatic carbocycles. The number of imide groups is 1. The molecular weight excluding hydrogens is 602 g/mol. The summed E-state index contributed by atoms with van der Waals surface area (Å²) in [6, 6.07) is 16.7. The molecule has 1 heterocycles. The number of amides is 3. The molecule has 3 fully saturated rings. The highest BCUT2D eigenvalue weighted by atomic mass is 35.5. The highest BCUT2D eigenvalue weighted by molar-refractivity contribution is 6.34. The van der Waals surface area contributed by atoms with Gasteiger partial charge in [-0.2, -0.15) is 5.01 Å². The number of hydrogen-bond acceptors (Lipinski definition) is 8. The van der Waals surface area contributed by atoms with Crippen molar-refractivity contribution in [3.8, 4) is 5.75 Å². The number of halogens is 1. The minimum absolute atomic E-state index is 0.0416. The highest BCUT2D eigenvalue weighted by Gasteiger charge is 2.68. The van der Waals surface area contributed by atoms with Crippen molar-refractivity contribution in [2.24, 2.45) is 35.5 Å². The number of hydrogen-bond donors (Lipinski definition) is 0. The van der Waals surface area contributed by atoms with Gasteiger partial charge in [-0.25, -0.2) is 9.80 Å². The van der Waals surface area contributed by atoms with Gasteiger partial charge in [-0.15, -0.1) is 0 Å². The van der Waals surface area contributed by atoms with Gasteiger partial charge in [0, 0.05) is 17.7 Å². The maximum absolute atomic E-state index is 13.9. The number of allylic oxidation sites excluding steroid dienone is 2. The van der Waals surface area contributed by atoms with E-state index in [1.54, 1.807) is 12.1 Å². The number of non-ortho nitro benzene ring substituents is 1. The van der Waals surface area contributed by atoms with E-state index in [1.165, 1.54) is 60.7 Å². The number of esters is 1. The van der Waals surface area contributed by atoms with E-state index < -0.39 is 52.8 Å². The Labute approximate surface area is 261 Å². The summed E-state index contributed by atoms with van der Waals surface area (Å²) >= 11 is 6.32. The summed E-state index contributed by atoms with van der Waals surface area (Å²) < 4.78 is 5.32. The first-order valence-electron chi connectivity index (χ1n) is 14.4. The van der Waals surface area contributed by atoms with Gasteiger partial charge in [0.2, 0.25) is 0 Å². The fourth-order valence-corrected chi connectivity index (χ4v) is 7.22. The zero-order valence-corrected chi connectivity index (χ0v) is 24.2. The van der Waals surface area contributed by atoms with E-state index in [1.807, 2.05) is 12.2 Å². The zero-order valence-electron chi connectivity index (χ0n) is 23.4. The van der Waals surface area contributed by atoms with E-state index in [0.717, 1.165) is 16.4 Å². The first-order chi connectivity index (χ1) is 21.6. The Bertz CT molecular complexity index is 1790. The maximum Gasteiger partial charge on any atom is 0.343 e. The number of nitrogens with zero attached hydrogens (tertiary/aromatic N) is 3. The predicted molar refractivity (Wildman–Crippen MR) is 158 cm³/mol. The Morgan fingerprint density at radius 2 is 1.44 bits per heavy atom. The van der Waals surface area contributed by atoms with Gasteiger partial charge in [0.1, 0.15) is 12.3 Å². The first-order valence-corrected chi connectivity index (χ1v) is 14.7. The number of ketones is 1. The van der Waals surface area contributed by atoms with Gasteiger partial charge in [0.05, 0.1) is 32.9 Å². The molecule has 3 amide bonds. The number of carbonyl (C=O) groups is 5. The van der Waals surface area contributed by atoms with Crippen molar-refractivity contribution >= 4 is 46.8 Å². The lowest BCUT2D eigenvalue weighted by molar-refractivity contribution is -0.384. The van der Waals surface area contributed by atoms with Crippen molar-refractivity contribution in [2.75, 3.05) is 6.54 Å². The van der Waals surface area contributed by atoms with Gasteiger partial charge in [-0.1, -0.05) is 35.9 Å². The molecule has 5 aliphatic rings. The van der Waals surface area contributed by atoms with E-state index in [0.29, 0.717) is 11.8 Å². The number of ether oxygens (including phenoxy) is 1. The average molecular weight is 626 g/mol. The molecule has 4 aliphatic carbocycles. The van der Waals surface area contributed by atoms with Crippen LogP contribution in [0.1, 0.15) is 37.5 Å². The summed E-state index contributed by atoms with van der Waals surface area (Å²) in [5.74, 6) is -3.51. The lowest BCUT2D eigenvalue weighted by Gasteiger charge is -2.37. The Balaban J connectivity index is 1.12. The molecule has 2 saturated carbocycles. The standard InChI is InChI=1S/C33H24ClN3O8/c34-26-4-2-1-3-23(26)30(39)35(36-31(40)28-21-13-14-22(25-15-24(21)25)29(28)32(36)41)16-27(38)17-7-11-20(12-8-17)45-33(42)18-5-9-19(10-6-18)37(43)44/h1-14,21-22,24-25,28-29H,15-16H2/t21-,22-,24-,25-,28+,29+/m0/s1. The number of rotatable bonds is 8. The van der Waals surface area contributed by atoms with Crippen LogP contribution in [0.5, 0.6) is 5.75 Å². The number of nitro groups is 1. The molecule has 6 atom stereocenters. The van der Waals surface area contributed by atoms with Crippen LogP contribution >= 0.6 is 11.6 Å². The smallest absolute Gasteiger partial charge is 0.343 e. The summed E-state index contributed by atoms with van der Waals surface area (Å²) in [5, 5.41) is 12.7. The van der Waals surface area contributed by atoms with Crippen LogP contribution in [0, 0.1) is 45.6 Å². The Morgan fingerprint density at radius 1 is 0.867 bits per heavy atom. The quantitative estimate of drug-likeness (QED) is 0.0663. The molecule has 45 heavy (non-hydrogen) atoms. The molecule has 226 valence electrons. The van der Waals surface area contributed by atoms with Gasteiger partial charge < -0.3 is 4.74 Å². The van der Waals surface area contributed by atoms with Crippen LogP contribution in [0.3, 0.4) is 0 Å². The van der Waals surface area contributed by atoms with Crippen LogP contribution in [0.2, 0.25) is 5.02 Å². The fraction of sp³-hybridized carbons (Fsp3) is 0.242. The van der Waals surface area contributed by atoms with Crippen molar-refractivity contribution in [1.29, 1.82) is 0 Å². The third kappa shape index (κ3) is 4.80. The summed E-state index contributed by atoms with van der Waals surface area (Å²) in [5.41, 5.74) is 0.102. The van der Waals surface area contributed by atoms with Crippen LogP contribution in [0.4, 0.5) is 5.69 Å². The van der Waals surface area contributed by atoms with Crippen molar-refractivity contribution in [1.82, 2.24) is 10.0 Å². The summed E-state index contributed by atoms with van der Waals surface area (Å²) in [6.07, 6.45) is 5.03. The predicted octanol–water partition coefficient (Wildman–Crippen LogP) is 4.76. The molecule has 0 N–H and O–H groups in total. The van der Waals surface area contributed by atoms with Crippen molar-refractivity contribution in [2.45, 2.75) is 6.42 Å². The van der Waals surface area contributed by atoms with E-state index in [2.05, 4.69) is 0 Å². The third-order valence-corrected chi connectivity index (χ3v) is 9.54. The minimum atomic E-state index is -0.756. The number of nitro benzene ring substituents is 1.